The first kappa shape index (κ1) is 15.8. The summed E-state index contributed by atoms with van der Waals surface area (Å²) in [6.45, 7) is 12.6. The summed E-state index contributed by atoms with van der Waals surface area (Å²) in [4.78, 5) is 13.7. The molecule has 5 heteroatoms. The zero-order chi connectivity index (χ0) is 14.8. The molecular weight excluding hydrogens is 246 g/mol. The molecule has 0 aromatic rings. The third-order valence-corrected chi connectivity index (χ3v) is 2.79. The number of hydrogen-bond donors (Lipinski definition) is 1. The maximum atomic E-state index is 12.3. The van der Waals surface area contributed by atoms with Gasteiger partial charge in [0.15, 0.2) is 0 Å². The molecule has 1 aliphatic heterocycles. The number of ether oxygens (including phenoxy) is 2. The molecule has 1 saturated heterocycles. The molecule has 1 heterocycles. The Hall–Kier alpha value is -1.29. The van der Waals surface area contributed by atoms with Crippen molar-refractivity contribution < 1.29 is 19.4 Å². The summed E-state index contributed by atoms with van der Waals surface area (Å²) in [6.07, 6.45) is 0.0237. The molecule has 19 heavy (non-hydrogen) atoms. The van der Waals surface area contributed by atoms with Crippen LogP contribution in [0, 0.1) is 0 Å². The zero-order valence-electron chi connectivity index (χ0n) is 12.3. The lowest BCUT2D eigenvalue weighted by molar-refractivity contribution is -0.0660. The Morgan fingerprint density at radius 2 is 2.21 bits per heavy atom. The van der Waals surface area contributed by atoms with Crippen molar-refractivity contribution in [1.29, 1.82) is 0 Å². The second-order valence-electron chi connectivity index (χ2n) is 6.04. The van der Waals surface area contributed by atoms with E-state index in [1.165, 1.54) is 11.0 Å². The van der Waals surface area contributed by atoms with Gasteiger partial charge in [0.25, 0.3) is 0 Å². The molecule has 0 spiro atoms. The molecule has 0 bridgehead atoms. The van der Waals surface area contributed by atoms with E-state index < -0.39 is 29.6 Å². The quantitative estimate of drug-likeness (QED) is 0.780. The van der Waals surface area contributed by atoms with Crippen LogP contribution in [0.2, 0.25) is 0 Å². The van der Waals surface area contributed by atoms with E-state index in [0.29, 0.717) is 0 Å². The van der Waals surface area contributed by atoms with Crippen LogP contribution < -0.4 is 0 Å². The maximum Gasteiger partial charge on any atom is 0.413 e. The van der Waals surface area contributed by atoms with Crippen molar-refractivity contribution in [3.8, 4) is 0 Å². The smallest absolute Gasteiger partial charge is 0.413 e. The van der Waals surface area contributed by atoms with Gasteiger partial charge in [0.1, 0.15) is 17.4 Å². The first-order valence-corrected chi connectivity index (χ1v) is 6.29. The number of aliphatic hydroxyl groups is 1. The Morgan fingerprint density at radius 3 is 2.68 bits per heavy atom. The largest absolute Gasteiger partial charge is 0.444 e. The minimum Gasteiger partial charge on any atom is -0.444 e. The normalized spacial score (nSPS) is 23.7. The van der Waals surface area contributed by atoms with Crippen molar-refractivity contribution >= 4 is 6.09 Å². The van der Waals surface area contributed by atoms with E-state index in [2.05, 4.69) is 12.3 Å². The number of nitrogens with zero attached hydrogens (tertiary/aromatic N) is 1. The fourth-order valence-electron chi connectivity index (χ4n) is 1.98. The molecule has 1 amide bonds. The Kier molecular flexibility index (Phi) is 4.46. The van der Waals surface area contributed by atoms with Crippen molar-refractivity contribution in [2.45, 2.75) is 58.1 Å². The van der Waals surface area contributed by atoms with Gasteiger partial charge in [-0.15, -0.1) is 5.73 Å². The van der Waals surface area contributed by atoms with Gasteiger partial charge in [-0.25, -0.2) is 4.79 Å². The van der Waals surface area contributed by atoms with E-state index in [9.17, 15) is 9.90 Å². The third kappa shape index (κ3) is 3.83. The maximum absolute atomic E-state index is 12.3. The monoisotopic (exact) mass is 269 g/mol. The van der Waals surface area contributed by atoms with Gasteiger partial charge in [-0.1, -0.05) is 6.58 Å². The van der Waals surface area contributed by atoms with E-state index >= 15 is 0 Å². The SMILES string of the molecule is C=C=C[C@@H](O)[C@@H]1COC(C)(C)N1C(=O)OC(C)(C)C. The fourth-order valence-corrected chi connectivity index (χ4v) is 1.98. The number of carbonyl (C=O) groups excluding carboxylic acids is 1. The van der Waals surface area contributed by atoms with E-state index in [-0.39, 0.29) is 6.61 Å². The number of carbonyl (C=O) groups is 1. The van der Waals surface area contributed by atoms with E-state index in [0.717, 1.165) is 0 Å². The molecule has 108 valence electrons. The minimum absolute atomic E-state index is 0.242. The lowest BCUT2D eigenvalue weighted by Crippen LogP contribution is -2.52. The van der Waals surface area contributed by atoms with Gasteiger partial charge in [0.2, 0.25) is 0 Å². The van der Waals surface area contributed by atoms with Crippen LogP contribution in [0.3, 0.4) is 0 Å². The summed E-state index contributed by atoms with van der Waals surface area (Å²) < 4.78 is 10.9. The van der Waals surface area contributed by atoms with Gasteiger partial charge in [0, 0.05) is 0 Å². The van der Waals surface area contributed by atoms with Crippen LogP contribution in [-0.2, 0) is 9.47 Å². The van der Waals surface area contributed by atoms with E-state index in [4.69, 9.17) is 9.47 Å². The lowest BCUT2D eigenvalue weighted by Gasteiger charge is -2.35. The van der Waals surface area contributed by atoms with Crippen molar-refractivity contribution in [3.05, 3.63) is 18.4 Å². The summed E-state index contributed by atoms with van der Waals surface area (Å²) >= 11 is 0. The van der Waals surface area contributed by atoms with Gasteiger partial charge >= 0.3 is 6.09 Å². The molecule has 0 aromatic carbocycles. The van der Waals surface area contributed by atoms with Gasteiger partial charge in [-0.2, -0.15) is 0 Å². The molecular formula is C14H23NO4. The van der Waals surface area contributed by atoms with E-state index in [1.54, 1.807) is 34.6 Å². The first-order valence-electron chi connectivity index (χ1n) is 6.29. The predicted molar refractivity (Wildman–Crippen MR) is 71.6 cm³/mol. The second-order valence-corrected chi connectivity index (χ2v) is 6.04. The molecule has 1 aliphatic rings. The van der Waals surface area contributed by atoms with Crippen molar-refractivity contribution in [3.63, 3.8) is 0 Å². The summed E-state index contributed by atoms with van der Waals surface area (Å²) in [5, 5.41) is 10.0. The number of amides is 1. The highest BCUT2D eigenvalue weighted by Gasteiger charge is 2.47. The van der Waals surface area contributed by atoms with Crippen LogP contribution in [-0.4, -0.2) is 46.2 Å². The Morgan fingerprint density at radius 1 is 1.63 bits per heavy atom. The van der Waals surface area contributed by atoms with Crippen LogP contribution in [0.15, 0.2) is 18.4 Å². The molecule has 1 N–H and O–H groups in total. The molecule has 5 nitrogen and oxygen atoms in total. The second kappa shape index (κ2) is 5.37. The van der Waals surface area contributed by atoms with E-state index in [1.807, 2.05) is 0 Å². The molecule has 0 aromatic heterocycles. The van der Waals surface area contributed by atoms with Gasteiger partial charge in [0.05, 0.1) is 12.6 Å². The topological polar surface area (TPSA) is 59.0 Å². The van der Waals surface area contributed by atoms with Gasteiger partial charge in [-0.3, -0.25) is 4.90 Å². The summed E-state index contributed by atoms with van der Waals surface area (Å²) in [5.41, 5.74) is 1.11. The fraction of sp³-hybridized carbons (Fsp3) is 0.714. The molecule has 1 fully saturated rings. The molecule has 0 radical (unpaired) electrons. The van der Waals surface area contributed by atoms with Crippen molar-refractivity contribution in [1.82, 2.24) is 4.90 Å². The van der Waals surface area contributed by atoms with Gasteiger partial charge < -0.3 is 14.6 Å². The highest BCUT2D eigenvalue weighted by molar-refractivity contribution is 5.70. The number of rotatable bonds is 2. The predicted octanol–water partition coefficient (Wildman–Crippen LogP) is 2.06. The first-order chi connectivity index (χ1) is 8.58. The molecule has 0 unspecified atom stereocenters. The van der Waals surface area contributed by atoms with Crippen LogP contribution in [0.4, 0.5) is 4.79 Å². The summed E-state index contributed by atoms with van der Waals surface area (Å²) in [5.74, 6) is 0. The Bertz CT molecular complexity index is 391. The highest BCUT2D eigenvalue weighted by atomic mass is 16.6. The number of hydrogen-bond acceptors (Lipinski definition) is 4. The van der Waals surface area contributed by atoms with Crippen molar-refractivity contribution in [2.24, 2.45) is 0 Å². The van der Waals surface area contributed by atoms with Crippen molar-refractivity contribution in [2.75, 3.05) is 6.61 Å². The zero-order valence-corrected chi connectivity index (χ0v) is 12.3. The van der Waals surface area contributed by atoms with Crippen LogP contribution in [0.1, 0.15) is 34.6 Å². The molecule has 0 saturated carbocycles. The third-order valence-electron chi connectivity index (χ3n) is 2.79. The molecule has 0 aliphatic carbocycles. The van der Waals surface area contributed by atoms with Gasteiger partial charge in [-0.05, 0) is 40.7 Å². The molecule has 1 rings (SSSR count). The summed E-state index contributed by atoms with van der Waals surface area (Å²) in [6, 6.07) is -0.501. The average Bonchev–Trinajstić information content (AvgIpc) is 2.51. The highest BCUT2D eigenvalue weighted by Crippen LogP contribution is 2.31. The average molecular weight is 269 g/mol. The summed E-state index contributed by atoms with van der Waals surface area (Å²) in [7, 11) is 0. The van der Waals surface area contributed by atoms with Crippen LogP contribution in [0.25, 0.3) is 0 Å². The number of aliphatic hydroxyl groups excluding tert-OH is 1. The molecule has 2 atom stereocenters. The Balaban J connectivity index is 2.96. The minimum atomic E-state index is -0.883. The standard InChI is InChI=1S/C14H23NO4/c1-7-8-11(16)10-9-18-14(5,6)15(10)12(17)19-13(2,3)4/h8,10-11,16H,1,9H2,2-6H3/t10-,11+/m0/s1. The van der Waals surface area contributed by atoms with Crippen LogP contribution in [0.5, 0.6) is 0 Å². The van der Waals surface area contributed by atoms with Crippen LogP contribution >= 0.6 is 0 Å². The lowest BCUT2D eigenvalue weighted by atomic mass is 10.1. The Labute approximate surface area is 114 Å².